The molecule has 2 aliphatic rings. The summed E-state index contributed by atoms with van der Waals surface area (Å²) in [6, 6.07) is 38.1. The molecular formula is C48H48O7P2. The zero-order valence-corrected chi connectivity index (χ0v) is 34.6. The number of hydrogen-bond donors (Lipinski definition) is 2. The highest BCUT2D eigenvalue weighted by atomic mass is 31.2. The SMILES string of the molecule is CCCCOCc1cc(C(C)(C)c2cc(CP3(=O)Oc4ccccc4-c4ccccc43)c(O)c(CP3(=O)Oc4ccccc4-c4ccccc43)c2)cc(CC)c1O. The van der Waals surface area contributed by atoms with Crippen LogP contribution in [0.3, 0.4) is 0 Å². The van der Waals surface area contributed by atoms with Gasteiger partial charge in [0, 0.05) is 39.8 Å². The maximum absolute atomic E-state index is 15.3. The van der Waals surface area contributed by atoms with Crippen molar-refractivity contribution in [3.63, 3.8) is 0 Å². The van der Waals surface area contributed by atoms with Crippen molar-refractivity contribution in [3.05, 3.63) is 155 Å². The van der Waals surface area contributed by atoms with Crippen LogP contribution in [0, 0.1) is 0 Å². The zero-order chi connectivity index (χ0) is 40.0. The fraction of sp³-hybridized carbons (Fsp3) is 0.250. The Hall–Kier alpha value is -5.06. The molecule has 2 N–H and O–H groups in total. The smallest absolute Gasteiger partial charge is 0.282 e. The molecule has 2 aliphatic heterocycles. The number of aryl methyl sites for hydroxylation is 1. The van der Waals surface area contributed by atoms with E-state index in [-0.39, 0.29) is 30.4 Å². The number of phenols is 2. The predicted octanol–water partition coefficient (Wildman–Crippen LogP) is 11.6. The predicted molar refractivity (Wildman–Crippen MR) is 229 cm³/mol. The molecule has 9 heteroatoms. The molecule has 292 valence electrons. The summed E-state index contributed by atoms with van der Waals surface area (Å²) in [6.07, 6.45) is 2.36. The Labute approximate surface area is 335 Å². The Morgan fingerprint density at radius 3 is 1.49 bits per heavy atom. The maximum atomic E-state index is 15.3. The standard InChI is InChI=1S/C48H48O7P2/c1-5-7-24-53-29-33-26-36(25-32(6-2)46(33)49)48(3,4)37-27-34(30-56(51)44-22-14-10-18-40(44)38-16-8-12-20-42(38)54-56)47(50)35(28-37)31-57(52)45-23-15-11-19-41(45)39-17-9-13-21-43(39)55-57/h8-23,25-28,49-50H,5-7,24,29-31H2,1-4H3. The van der Waals surface area contributed by atoms with Gasteiger partial charge in [-0.05, 0) is 71.0 Å². The molecule has 0 saturated carbocycles. The first kappa shape index (κ1) is 38.8. The first-order chi connectivity index (χ1) is 27.5. The fourth-order valence-electron chi connectivity index (χ4n) is 8.09. The molecule has 7 nitrogen and oxygen atoms in total. The van der Waals surface area contributed by atoms with E-state index in [1.807, 2.05) is 128 Å². The molecule has 0 aliphatic carbocycles. The van der Waals surface area contributed by atoms with E-state index in [9.17, 15) is 10.2 Å². The molecule has 0 fully saturated rings. The Morgan fingerprint density at radius 1 is 0.579 bits per heavy atom. The van der Waals surface area contributed by atoms with Crippen LogP contribution in [-0.2, 0) is 44.6 Å². The second-order valence-electron chi connectivity index (χ2n) is 15.5. The monoisotopic (exact) mass is 798 g/mol. The van der Waals surface area contributed by atoms with Gasteiger partial charge in [0.1, 0.15) is 23.0 Å². The highest BCUT2D eigenvalue weighted by Gasteiger charge is 2.40. The third kappa shape index (κ3) is 7.12. The van der Waals surface area contributed by atoms with Crippen LogP contribution in [0.25, 0.3) is 22.3 Å². The first-order valence-corrected chi connectivity index (χ1v) is 23.3. The molecule has 0 bridgehead atoms. The van der Waals surface area contributed by atoms with Crippen molar-refractivity contribution in [3.8, 4) is 45.3 Å². The van der Waals surface area contributed by atoms with Crippen LogP contribution in [0.2, 0.25) is 0 Å². The third-order valence-corrected chi connectivity index (χ3v) is 16.2. The molecule has 2 atom stereocenters. The maximum Gasteiger partial charge on any atom is 0.282 e. The number of ether oxygens (including phenoxy) is 1. The summed E-state index contributed by atoms with van der Waals surface area (Å²) >= 11 is 0. The highest BCUT2D eigenvalue weighted by Crippen LogP contribution is 2.60. The van der Waals surface area contributed by atoms with E-state index >= 15 is 9.13 Å². The topological polar surface area (TPSA) is 102 Å². The fourth-order valence-corrected chi connectivity index (χ4v) is 12.8. The van der Waals surface area contributed by atoms with Crippen molar-refractivity contribution in [2.24, 2.45) is 0 Å². The van der Waals surface area contributed by atoms with Gasteiger partial charge in [-0.3, -0.25) is 9.13 Å². The van der Waals surface area contributed by atoms with Gasteiger partial charge in [-0.15, -0.1) is 0 Å². The van der Waals surface area contributed by atoms with Crippen molar-refractivity contribution in [1.29, 1.82) is 0 Å². The van der Waals surface area contributed by atoms with Crippen LogP contribution in [0.1, 0.15) is 73.9 Å². The van der Waals surface area contributed by atoms with Crippen LogP contribution >= 0.6 is 14.7 Å². The molecule has 2 unspecified atom stereocenters. The molecule has 0 amide bonds. The summed E-state index contributed by atoms with van der Waals surface area (Å²) in [5, 5.41) is 24.7. The van der Waals surface area contributed by atoms with E-state index in [2.05, 4.69) is 20.8 Å². The first-order valence-electron chi connectivity index (χ1n) is 19.7. The lowest BCUT2D eigenvalue weighted by Crippen LogP contribution is -2.22. The minimum atomic E-state index is -3.66. The van der Waals surface area contributed by atoms with Gasteiger partial charge in [-0.1, -0.05) is 125 Å². The van der Waals surface area contributed by atoms with Crippen LogP contribution in [-0.4, -0.2) is 16.8 Å². The summed E-state index contributed by atoms with van der Waals surface area (Å²) in [5.41, 5.74) is 6.78. The van der Waals surface area contributed by atoms with E-state index in [4.69, 9.17) is 13.8 Å². The molecule has 0 aromatic heterocycles. The number of para-hydroxylation sites is 2. The van der Waals surface area contributed by atoms with Crippen LogP contribution in [0.15, 0.2) is 121 Å². The van der Waals surface area contributed by atoms with Gasteiger partial charge in [-0.25, -0.2) is 0 Å². The molecule has 8 rings (SSSR count). The lowest BCUT2D eigenvalue weighted by molar-refractivity contribution is 0.116. The van der Waals surface area contributed by atoms with Crippen molar-refractivity contribution in [2.75, 3.05) is 6.61 Å². The average Bonchev–Trinajstić information content (AvgIpc) is 3.21. The number of benzene rings is 6. The summed E-state index contributed by atoms with van der Waals surface area (Å²) in [5.74, 6) is 1.19. The number of unbranched alkanes of at least 4 members (excludes halogenated alkanes) is 1. The third-order valence-electron chi connectivity index (χ3n) is 11.4. The average molecular weight is 799 g/mol. The number of aromatic hydroxyl groups is 2. The second-order valence-corrected chi connectivity index (χ2v) is 20.2. The molecule has 2 heterocycles. The van der Waals surface area contributed by atoms with Gasteiger partial charge in [0.05, 0.1) is 29.5 Å². The van der Waals surface area contributed by atoms with Gasteiger partial charge >= 0.3 is 0 Å². The molecule has 57 heavy (non-hydrogen) atoms. The molecule has 6 aromatic carbocycles. The van der Waals surface area contributed by atoms with Crippen molar-refractivity contribution in [2.45, 2.75) is 71.3 Å². The molecular weight excluding hydrogens is 750 g/mol. The van der Waals surface area contributed by atoms with Gasteiger partial charge in [-0.2, -0.15) is 0 Å². The number of phenolic OH excluding ortho intramolecular Hbond substituents is 2. The minimum absolute atomic E-state index is 0.0927. The van der Waals surface area contributed by atoms with Crippen LogP contribution in [0.5, 0.6) is 23.0 Å². The Balaban J connectivity index is 1.27. The van der Waals surface area contributed by atoms with E-state index in [1.165, 1.54) is 0 Å². The lowest BCUT2D eigenvalue weighted by Gasteiger charge is -2.32. The summed E-state index contributed by atoms with van der Waals surface area (Å²) in [7, 11) is -7.32. The lowest BCUT2D eigenvalue weighted by atomic mass is 9.76. The molecule has 0 saturated heterocycles. The normalized spacial score (nSPS) is 18.0. The van der Waals surface area contributed by atoms with Crippen molar-refractivity contribution >= 4 is 25.3 Å². The molecule has 6 aromatic rings. The number of hydrogen-bond acceptors (Lipinski definition) is 7. The van der Waals surface area contributed by atoms with Crippen molar-refractivity contribution < 1.29 is 33.1 Å². The second kappa shape index (κ2) is 15.4. The van der Waals surface area contributed by atoms with Gasteiger partial charge < -0.3 is 24.0 Å². The quantitative estimate of drug-likeness (QED) is 0.0939. The van der Waals surface area contributed by atoms with E-state index in [0.29, 0.717) is 51.8 Å². The minimum Gasteiger partial charge on any atom is -0.507 e. The van der Waals surface area contributed by atoms with Gasteiger partial charge in [0.15, 0.2) is 0 Å². The van der Waals surface area contributed by atoms with E-state index < -0.39 is 20.2 Å². The molecule has 0 spiro atoms. The van der Waals surface area contributed by atoms with Gasteiger partial charge in [0.2, 0.25) is 0 Å². The Kier molecular flexibility index (Phi) is 10.5. The van der Waals surface area contributed by atoms with Crippen molar-refractivity contribution in [1.82, 2.24) is 0 Å². The Bertz CT molecular complexity index is 2460. The number of fused-ring (bicyclic) bond motifs is 6. The van der Waals surface area contributed by atoms with E-state index in [1.54, 1.807) is 0 Å². The highest BCUT2D eigenvalue weighted by molar-refractivity contribution is 7.67. The summed E-state index contributed by atoms with van der Waals surface area (Å²) in [6.45, 7) is 9.19. The summed E-state index contributed by atoms with van der Waals surface area (Å²) in [4.78, 5) is 0. The zero-order valence-electron chi connectivity index (χ0n) is 32.8. The van der Waals surface area contributed by atoms with Crippen LogP contribution in [0.4, 0.5) is 0 Å². The number of rotatable bonds is 12. The largest absolute Gasteiger partial charge is 0.507 e. The van der Waals surface area contributed by atoms with E-state index in [0.717, 1.165) is 51.8 Å². The summed E-state index contributed by atoms with van der Waals surface area (Å²) < 4.78 is 49.5. The van der Waals surface area contributed by atoms with Crippen LogP contribution < -0.4 is 19.7 Å². The van der Waals surface area contributed by atoms with Gasteiger partial charge in [0.25, 0.3) is 14.7 Å². The Morgan fingerprint density at radius 2 is 1.00 bits per heavy atom. The molecule has 0 radical (unpaired) electrons.